The van der Waals surface area contributed by atoms with Crippen LogP contribution in [0.15, 0.2) is 53.7 Å². The molecule has 0 radical (unpaired) electrons. The van der Waals surface area contributed by atoms with E-state index >= 15 is 0 Å². The molecule has 0 spiro atoms. The molecule has 1 aliphatic rings. The van der Waals surface area contributed by atoms with Crippen LogP contribution in [0.1, 0.15) is 17.5 Å². The molecular formula is C19H20N2O4. The summed E-state index contributed by atoms with van der Waals surface area (Å²) in [4.78, 5) is 17.6. The van der Waals surface area contributed by atoms with Gasteiger partial charge in [-0.25, -0.2) is 0 Å². The van der Waals surface area contributed by atoms with Gasteiger partial charge in [-0.15, -0.1) is 0 Å². The second kappa shape index (κ2) is 7.70. The van der Waals surface area contributed by atoms with E-state index in [1.54, 1.807) is 14.2 Å². The minimum atomic E-state index is -0.612. The number of methoxy groups -OCH3 is 2. The highest BCUT2D eigenvalue weighted by molar-refractivity contribution is 6.04. The number of nitrogens with one attached hydrogen (secondary N) is 1. The van der Waals surface area contributed by atoms with Crippen molar-refractivity contribution >= 4 is 11.6 Å². The lowest BCUT2D eigenvalue weighted by molar-refractivity contribution is -0.131. The van der Waals surface area contributed by atoms with Crippen LogP contribution in [0.2, 0.25) is 0 Å². The summed E-state index contributed by atoms with van der Waals surface area (Å²) in [5.74, 6) is 1.34. The summed E-state index contributed by atoms with van der Waals surface area (Å²) in [7, 11) is 3.23. The van der Waals surface area contributed by atoms with E-state index in [1.165, 1.54) is 0 Å². The van der Waals surface area contributed by atoms with Crippen molar-refractivity contribution in [2.45, 2.75) is 19.1 Å². The van der Waals surface area contributed by atoms with Gasteiger partial charge in [0.15, 0.2) is 0 Å². The first kappa shape index (κ1) is 16.8. The van der Waals surface area contributed by atoms with E-state index in [1.807, 2.05) is 48.5 Å². The van der Waals surface area contributed by atoms with Gasteiger partial charge in [0.05, 0.1) is 19.9 Å². The summed E-state index contributed by atoms with van der Waals surface area (Å²) in [6.45, 7) is 0.428. The van der Waals surface area contributed by atoms with Gasteiger partial charge in [0.1, 0.15) is 11.5 Å². The molecule has 1 heterocycles. The maximum absolute atomic E-state index is 12.3. The second-order valence-electron chi connectivity index (χ2n) is 5.63. The molecule has 0 aromatic heterocycles. The van der Waals surface area contributed by atoms with Crippen LogP contribution in [-0.2, 0) is 16.2 Å². The molecule has 1 amide bonds. The highest BCUT2D eigenvalue weighted by Gasteiger charge is 2.28. The van der Waals surface area contributed by atoms with E-state index in [4.69, 9.17) is 14.3 Å². The van der Waals surface area contributed by atoms with Crippen molar-refractivity contribution in [2.24, 2.45) is 5.16 Å². The van der Waals surface area contributed by atoms with Crippen molar-refractivity contribution in [1.29, 1.82) is 0 Å². The van der Waals surface area contributed by atoms with Crippen molar-refractivity contribution in [3.63, 3.8) is 0 Å². The predicted octanol–water partition coefficient (Wildman–Crippen LogP) is 2.51. The molecule has 1 aliphatic heterocycles. The number of hydrogen-bond acceptors (Lipinski definition) is 5. The Balaban J connectivity index is 1.54. The molecule has 0 saturated carbocycles. The summed E-state index contributed by atoms with van der Waals surface area (Å²) >= 11 is 0. The zero-order valence-corrected chi connectivity index (χ0v) is 14.2. The van der Waals surface area contributed by atoms with E-state index in [2.05, 4.69) is 10.5 Å². The molecule has 1 atom stereocenters. The van der Waals surface area contributed by atoms with Crippen LogP contribution in [0.25, 0.3) is 0 Å². The van der Waals surface area contributed by atoms with Gasteiger partial charge in [0.2, 0.25) is 6.10 Å². The SMILES string of the molecule is COc1ccc(CNC(=O)[C@@H]2CC(c3cccc(OC)c3)=NO2)cc1. The normalized spacial score (nSPS) is 15.9. The Bertz CT molecular complexity index is 771. The molecule has 2 aromatic carbocycles. The largest absolute Gasteiger partial charge is 0.497 e. The number of ether oxygens (including phenoxy) is 2. The molecule has 0 bridgehead atoms. The second-order valence-corrected chi connectivity index (χ2v) is 5.63. The van der Waals surface area contributed by atoms with Gasteiger partial charge in [-0.05, 0) is 29.8 Å². The zero-order chi connectivity index (χ0) is 17.6. The van der Waals surface area contributed by atoms with Gasteiger partial charge in [-0.3, -0.25) is 4.79 Å². The minimum absolute atomic E-state index is 0.183. The van der Waals surface area contributed by atoms with Gasteiger partial charge >= 0.3 is 0 Å². The molecule has 0 unspecified atom stereocenters. The first-order valence-electron chi connectivity index (χ1n) is 7.97. The Morgan fingerprint density at radius 3 is 2.64 bits per heavy atom. The van der Waals surface area contributed by atoms with E-state index in [0.717, 1.165) is 28.3 Å². The summed E-state index contributed by atoms with van der Waals surface area (Å²) in [6, 6.07) is 15.1. The standard InChI is InChI=1S/C19H20N2O4/c1-23-15-8-6-13(7-9-15)12-20-19(22)18-11-17(21-25-18)14-4-3-5-16(10-14)24-2/h3-10,18H,11-12H2,1-2H3,(H,20,22)/t18-/m0/s1. The third-order valence-corrected chi connectivity index (χ3v) is 3.99. The van der Waals surface area contributed by atoms with Crippen LogP contribution in [-0.4, -0.2) is 31.9 Å². The van der Waals surface area contributed by atoms with Crippen LogP contribution < -0.4 is 14.8 Å². The Morgan fingerprint density at radius 2 is 1.92 bits per heavy atom. The summed E-state index contributed by atoms with van der Waals surface area (Å²) in [6.07, 6.45) is -0.179. The van der Waals surface area contributed by atoms with E-state index in [9.17, 15) is 4.79 Å². The zero-order valence-electron chi connectivity index (χ0n) is 14.2. The lowest BCUT2D eigenvalue weighted by atomic mass is 10.0. The average molecular weight is 340 g/mol. The number of benzene rings is 2. The molecule has 0 fully saturated rings. The van der Waals surface area contributed by atoms with Crippen molar-refractivity contribution < 1.29 is 19.1 Å². The number of hydrogen-bond donors (Lipinski definition) is 1. The van der Waals surface area contributed by atoms with E-state index in [-0.39, 0.29) is 5.91 Å². The van der Waals surface area contributed by atoms with Crippen molar-refractivity contribution in [1.82, 2.24) is 5.32 Å². The van der Waals surface area contributed by atoms with Gasteiger partial charge in [0.25, 0.3) is 5.91 Å². The first-order chi connectivity index (χ1) is 12.2. The summed E-state index contributed by atoms with van der Waals surface area (Å²) in [5, 5.41) is 6.92. The molecule has 130 valence electrons. The monoisotopic (exact) mass is 340 g/mol. The Kier molecular flexibility index (Phi) is 5.18. The molecule has 25 heavy (non-hydrogen) atoms. The molecule has 6 nitrogen and oxygen atoms in total. The number of oxime groups is 1. The lowest BCUT2D eigenvalue weighted by Crippen LogP contribution is -2.34. The fourth-order valence-corrected chi connectivity index (χ4v) is 2.54. The van der Waals surface area contributed by atoms with E-state index < -0.39 is 6.10 Å². The Morgan fingerprint density at radius 1 is 1.16 bits per heavy atom. The average Bonchev–Trinajstić information content (AvgIpc) is 3.17. The smallest absolute Gasteiger partial charge is 0.264 e. The molecule has 2 aromatic rings. The van der Waals surface area contributed by atoms with Crippen LogP contribution in [0.3, 0.4) is 0 Å². The maximum atomic E-state index is 12.3. The summed E-state index contributed by atoms with van der Waals surface area (Å²) < 4.78 is 10.3. The number of carbonyl (C=O) groups excluding carboxylic acids is 1. The number of nitrogens with zero attached hydrogens (tertiary/aromatic N) is 1. The Labute approximate surface area is 146 Å². The highest BCUT2D eigenvalue weighted by atomic mass is 16.6. The van der Waals surface area contributed by atoms with Crippen LogP contribution >= 0.6 is 0 Å². The number of amides is 1. The minimum Gasteiger partial charge on any atom is -0.497 e. The van der Waals surface area contributed by atoms with Gasteiger partial charge in [0, 0.05) is 18.5 Å². The molecule has 3 rings (SSSR count). The van der Waals surface area contributed by atoms with Gasteiger partial charge < -0.3 is 19.6 Å². The van der Waals surface area contributed by atoms with Crippen LogP contribution in [0.5, 0.6) is 11.5 Å². The number of carbonyl (C=O) groups is 1. The topological polar surface area (TPSA) is 69.2 Å². The van der Waals surface area contributed by atoms with Gasteiger partial charge in [-0.1, -0.05) is 29.4 Å². The predicted molar refractivity (Wildman–Crippen MR) is 93.9 cm³/mol. The maximum Gasteiger partial charge on any atom is 0.264 e. The van der Waals surface area contributed by atoms with Crippen LogP contribution in [0, 0.1) is 0 Å². The van der Waals surface area contributed by atoms with Crippen molar-refractivity contribution in [3.05, 3.63) is 59.7 Å². The highest BCUT2D eigenvalue weighted by Crippen LogP contribution is 2.20. The first-order valence-corrected chi connectivity index (χ1v) is 7.97. The van der Waals surface area contributed by atoms with Crippen molar-refractivity contribution in [3.8, 4) is 11.5 Å². The van der Waals surface area contributed by atoms with Gasteiger partial charge in [-0.2, -0.15) is 0 Å². The molecule has 6 heteroatoms. The fraction of sp³-hybridized carbons (Fsp3) is 0.263. The summed E-state index contributed by atoms with van der Waals surface area (Å²) in [5.41, 5.74) is 2.62. The lowest BCUT2D eigenvalue weighted by Gasteiger charge is -2.10. The molecule has 0 aliphatic carbocycles. The van der Waals surface area contributed by atoms with E-state index in [0.29, 0.717) is 13.0 Å². The molecule has 0 saturated heterocycles. The Hall–Kier alpha value is -3.02. The number of rotatable bonds is 6. The molecule has 1 N–H and O–H groups in total. The third-order valence-electron chi connectivity index (χ3n) is 3.99. The quantitative estimate of drug-likeness (QED) is 0.877. The van der Waals surface area contributed by atoms with Crippen LogP contribution in [0.4, 0.5) is 0 Å². The molecular weight excluding hydrogens is 320 g/mol. The fourth-order valence-electron chi connectivity index (χ4n) is 2.54. The van der Waals surface area contributed by atoms with Crippen molar-refractivity contribution in [2.75, 3.05) is 14.2 Å². The third kappa shape index (κ3) is 4.09.